The minimum absolute atomic E-state index is 0.0598. The number of rotatable bonds is 1. The maximum Gasteiger partial charge on any atom is 0.229 e. The van der Waals surface area contributed by atoms with Gasteiger partial charge in [0, 0.05) is 17.8 Å². The van der Waals surface area contributed by atoms with Crippen molar-refractivity contribution in [3.63, 3.8) is 0 Å². The van der Waals surface area contributed by atoms with Crippen molar-refractivity contribution in [3.8, 4) is 0 Å². The summed E-state index contributed by atoms with van der Waals surface area (Å²) in [4.78, 5) is 12.1. The van der Waals surface area contributed by atoms with E-state index in [9.17, 15) is 4.79 Å². The van der Waals surface area contributed by atoms with Crippen LogP contribution in [0.2, 0.25) is 0 Å². The van der Waals surface area contributed by atoms with Gasteiger partial charge in [-0.3, -0.25) is 4.79 Å². The quantitative estimate of drug-likeness (QED) is 0.758. The average Bonchev–Trinajstić information content (AvgIpc) is 2.58. The van der Waals surface area contributed by atoms with Crippen LogP contribution >= 0.6 is 0 Å². The number of para-hydroxylation sites is 1. The Morgan fingerprint density at radius 2 is 2.06 bits per heavy atom. The van der Waals surface area contributed by atoms with Crippen molar-refractivity contribution in [2.75, 3.05) is 11.9 Å². The van der Waals surface area contributed by atoms with E-state index >= 15 is 0 Å². The van der Waals surface area contributed by atoms with Gasteiger partial charge in [-0.05, 0) is 32.4 Å². The van der Waals surface area contributed by atoms with E-state index in [4.69, 9.17) is 0 Å². The molecule has 0 radical (unpaired) electrons. The van der Waals surface area contributed by atoms with E-state index < -0.39 is 0 Å². The summed E-state index contributed by atoms with van der Waals surface area (Å²) in [6.45, 7) is 6.69. The summed E-state index contributed by atoms with van der Waals surface area (Å²) in [6, 6.07) is 7.99. The molecule has 0 saturated heterocycles. The van der Waals surface area contributed by atoms with Crippen molar-refractivity contribution >= 4 is 11.6 Å². The Hall–Kier alpha value is -1.51. The lowest BCUT2D eigenvalue weighted by atomic mass is 9.99. The molecule has 1 atom stereocenters. The molecular weight excluding hydrogens is 200 g/mol. The predicted octanol–water partition coefficient (Wildman–Crippen LogP) is 2.11. The number of carbonyl (C=O) groups excluding carboxylic acids is 1. The second-order valence-electron chi connectivity index (χ2n) is 5.26. The zero-order chi connectivity index (χ0) is 11.8. The molecule has 1 amide bonds. The smallest absolute Gasteiger partial charge is 0.229 e. The predicted molar refractivity (Wildman–Crippen MR) is 65.6 cm³/mol. The van der Waals surface area contributed by atoms with E-state index in [1.54, 1.807) is 0 Å². The molecule has 1 heterocycles. The highest BCUT2D eigenvalue weighted by atomic mass is 16.2. The molecule has 0 saturated carbocycles. The van der Waals surface area contributed by atoms with Crippen LogP contribution in [0.3, 0.4) is 0 Å². The van der Waals surface area contributed by atoms with Gasteiger partial charge in [-0.25, -0.2) is 0 Å². The van der Waals surface area contributed by atoms with Gasteiger partial charge in [-0.15, -0.1) is 0 Å². The number of fused-ring (bicyclic) bond motifs is 1. The molecule has 0 aliphatic carbocycles. The number of anilines is 1. The Labute approximate surface area is 96.2 Å². The molecule has 3 heteroatoms. The first-order valence-electron chi connectivity index (χ1n) is 5.62. The van der Waals surface area contributed by atoms with Crippen molar-refractivity contribution < 1.29 is 4.79 Å². The first kappa shape index (κ1) is 11.0. The second-order valence-corrected chi connectivity index (χ2v) is 5.26. The molecule has 2 N–H and O–H groups in total. The first-order chi connectivity index (χ1) is 7.47. The van der Waals surface area contributed by atoms with E-state index in [1.807, 2.05) is 45.0 Å². The minimum atomic E-state index is -0.172. The van der Waals surface area contributed by atoms with E-state index in [2.05, 4.69) is 10.6 Å². The average molecular weight is 218 g/mol. The molecule has 0 fully saturated rings. The third kappa shape index (κ3) is 2.18. The molecule has 0 spiro atoms. The molecule has 1 unspecified atom stereocenters. The summed E-state index contributed by atoms with van der Waals surface area (Å²) in [6.07, 6.45) is 0. The van der Waals surface area contributed by atoms with Crippen molar-refractivity contribution in [2.24, 2.45) is 0 Å². The molecule has 3 nitrogen and oxygen atoms in total. The lowest BCUT2D eigenvalue weighted by Crippen LogP contribution is -2.43. The van der Waals surface area contributed by atoms with Gasteiger partial charge in [0.25, 0.3) is 0 Å². The highest BCUT2D eigenvalue weighted by Crippen LogP contribution is 2.31. The molecule has 2 rings (SSSR count). The molecule has 16 heavy (non-hydrogen) atoms. The summed E-state index contributed by atoms with van der Waals surface area (Å²) < 4.78 is 0. The number of nitrogens with one attached hydrogen (secondary N) is 2. The molecule has 1 aliphatic rings. The number of hydrogen-bond donors (Lipinski definition) is 2. The minimum Gasteiger partial charge on any atom is -0.384 e. The maximum absolute atomic E-state index is 12.1. The van der Waals surface area contributed by atoms with Gasteiger partial charge in [-0.2, -0.15) is 0 Å². The van der Waals surface area contributed by atoms with Gasteiger partial charge >= 0.3 is 0 Å². The van der Waals surface area contributed by atoms with E-state index in [-0.39, 0.29) is 17.4 Å². The van der Waals surface area contributed by atoms with Crippen LogP contribution in [0.15, 0.2) is 24.3 Å². The van der Waals surface area contributed by atoms with Crippen LogP contribution in [-0.4, -0.2) is 18.0 Å². The van der Waals surface area contributed by atoms with Crippen LogP contribution in [0.4, 0.5) is 5.69 Å². The number of carbonyl (C=O) groups is 1. The monoisotopic (exact) mass is 218 g/mol. The zero-order valence-corrected chi connectivity index (χ0v) is 10.0. The van der Waals surface area contributed by atoms with Crippen molar-refractivity contribution in [2.45, 2.75) is 32.2 Å². The Morgan fingerprint density at radius 3 is 2.75 bits per heavy atom. The fourth-order valence-corrected chi connectivity index (χ4v) is 1.97. The lowest BCUT2D eigenvalue weighted by Gasteiger charge is -2.23. The summed E-state index contributed by atoms with van der Waals surface area (Å²) in [5.41, 5.74) is 2.01. The zero-order valence-electron chi connectivity index (χ0n) is 10.0. The summed E-state index contributed by atoms with van der Waals surface area (Å²) >= 11 is 0. The largest absolute Gasteiger partial charge is 0.384 e. The number of hydrogen-bond acceptors (Lipinski definition) is 2. The molecule has 1 aromatic rings. The van der Waals surface area contributed by atoms with Crippen LogP contribution in [-0.2, 0) is 4.79 Å². The Bertz CT molecular complexity index is 407. The number of amides is 1. The van der Waals surface area contributed by atoms with Crippen LogP contribution < -0.4 is 10.6 Å². The fourth-order valence-electron chi connectivity index (χ4n) is 1.97. The Kier molecular flexibility index (Phi) is 2.62. The summed E-state index contributed by atoms with van der Waals surface area (Å²) in [7, 11) is 0. The maximum atomic E-state index is 12.1. The molecule has 1 aromatic carbocycles. The fraction of sp³-hybridized carbons (Fsp3) is 0.462. The topological polar surface area (TPSA) is 41.1 Å². The molecule has 86 valence electrons. The van der Waals surface area contributed by atoms with Crippen molar-refractivity contribution in [3.05, 3.63) is 29.8 Å². The standard InChI is InChI=1S/C13H18N2O/c1-13(2,3)15-12(16)10-8-14-11-7-5-4-6-9(10)11/h4-7,10,14H,8H2,1-3H3,(H,15,16). The Morgan fingerprint density at radius 1 is 1.38 bits per heavy atom. The van der Waals surface area contributed by atoms with Gasteiger partial charge in [0.05, 0.1) is 5.92 Å². The first-order valence-corrected chi connectivity index (χ1v) is 5.62. The van der Waals surface area contributed by atoms with Gasteiger partial charge in [0.2, 0.25) is 5.91 Å². The normalized spacial score (nSPS) is 18.8. The van der Waals surface area contributed by atoms with Crippen LogP contribution in [0.25, 0.3) is 0 Å². The molecule has 0 aromatic heterocycles. The van der Waals surface area contributed by atoms with Crippen molar-refractivity contribution in [1.82, 2.24) is 5.32 Å². The lowest BCUT2D eigenvalue weighted by molar-refractivity contribution is -0.123. The molecule has 0 bridgehead atoms. The van der Waals surface area contributed by atoms with Crippen LogP contribution in [0, 0.1) is 0 Å². The van der Waals surface area contributed by atoms with E-state index in [0.717, 1.165) is 11.3 Å². The van der Waals surface area contributed by atoms with Gasteiger partial charge in [0.15, 0.2) is 0 Å². The third-order valence-corrected chi connectivity index (χ3v) is 2.65. The van der Waals surface area contributed by atoms with Gasteiger partial charge < -0.3 is 10.6 Å². The molecular formula is C13H18N2O. The van der Waals surface area contributed by atoms with Crippen molar-refractivity contribution in [1.29, 1.82) is 0 Å². The number of benzene rings is 1. The summed E-state index contributed by atoms with van der Waals surface area (Å²) in [5, 5.41) is 6.28. The van der Waals surface area contributed by atoms with Crippen LogP contribution in [0.1, 0.15) is 32.3 Å². The SMILES string of the molecule is CC(C)(C)NC(=O)C1CNc2ccccc21. The Balaban J connectivity index is 2.16. The third-order valence-electron chi connectivity index (χ3n) is 2.65. The highest BCUT2D eigenvalue weighted by Gasteiger charge is 2.29. The highest BCUT2D eigenvalue weighted by molar-refractivity contribution is 5.88. The van der Waals surface area contributed by atoms with Gasteiger partial charge in [-0.1, -0.05) is 18.2 Å². The summed E-state index contributed by atoms with van der Waals surface area (Å²) in [5.74, 6) is 0.0420. The van der Waals surface area contributed by atoms with Crippen LogP contribution in [0.5, 0.6) is 0 Å². The van der Waals surface area contributed by atoms with E-state index in [0.29, 0.717) is 6.54 Å². The second kappa shape index (κ2) is 3.81. The van der Waals surface area contributed by atoms with E-state index in [1.165, 1.54) is 0 Å². The molecule has 1 aliphatic heterocycles. The van der Waals surface area contributed by atoms with Gasteiger partial charge in [0.1, 0.15) is 0 Å².